The Morgan fingerprint density at radius 3 is 2.22 bits per heavy atom. The fourth-order valence-corrected chi connectivity index (χ4v) is 4.54. The minimum atomic E-state index is -4.78. The summed E-state index contributed by atoms with van der Waals surface area (Å²) >= 11 is 0. The van der Waals surface area contributed by atoms with E-state index in [1.54, 1.807) is 44.9 Å². The molecule has 1 aliphatic heterocycles. The molecule has 0 bridgehead atoms. The third-order valence-corrected chi connectivity index (χ3v) is 6.74. The van der Waals surface area contributed by atoms with Crippen molar-refractivity contribution >= 4 is 88.4 Å². The summed E-state index contributed by atoms with van der Waals surface area (Å²) in [6, 6.07) is 8.13. The van der Waals surface area contributed by atoms with Gasteiger partial charge < -0.3 is 14.4 Å². The maximum absolute atomic E-state index is 13.8. The summed E-state index contributed by atoms with van der Waals surface area (Å²) in [7, 11) is 12.9. The van der Waals surface area contributed by atoms with Crippen molar-refractivity contribution in [2.24, 2.45) is 0 Å². The Morgan fingerprint density at radius 1 is 0.946 bits per heavy atom. The van der Waals surface area contributed by atoms with Crippen LogP contribution in [-0.4, -0.2) is 94.0 Å². The summed E-state index contributed by atoms with van der Waals surface area (Å²) < 4.78 is 48.7. The van der Waals surface area contributed by atoms with Crippen LogP contribution in [0.4, 0.5) is 13.2 Å². The summed E-state index contributed by atoms with van der Waals surface area (Å²) in [5.41, 5.74) is 5.51. The molecule has 0 radical (unpaired) electrons. The quantitative estimate of drug-likeness (QED) is 0.335. The lowest BCUT2D eigenvalue weighted by Gasteiger charge is -2.30. The predicted octanol–water partition coefficient (Wildman–Crippen LogP) is -6.71. The van der Waals surface area contributed by atoms with Gasteiger partial charge in [0.1, 0.15) is 56.6 Å². The Labute approximate surface area is 220 Å². The van der Waals surface area contributed by atoms with Gasteiger partial charge in [0.05, 0.1) is 17.5 Å². The van der Waals surface area contributed by atoms with Gasteiger partial charge in [-0.25, -0.2) is 9.97 Å². The van der Waals surface area contributed by atoms with Crippen molar-refractivity contribution < 1.29 is 27.4 Å². The number of fused-ring (bicyclic) bond motifs is 1. The molecule has 0 spiro atoms. The standard InChI is InChI=1S/C21H23B7F3N3O3/c22-14-9(2-4-12(15(14)23)37-21(29,30)31)8-1-3-11-10(5-8)19(35)34(7-20(27,28)36-11)6-13-32-17(25)16(24)18(26)33-13/h1-5H,6-7,22-28H2. The van der Waals surface area contributed by atoms with Gasteiger partial charge in [0.2, 0.25) is 0 Å². The maximum Gasteiger partial charge on any atom is 0.573 e. The van der Waals surface area contributed by atoms with Crippen LogP contribution in [-0.2, 0) is 6.54 Å². The van der Waals surface area contributed by atoms with E-state index in [2.05, 4.69) is 14.7 Å². The van der Waals surface area contributed by atoms with Gasteiger partial charge in [-0.05, 0) is 40.5 Å². The van der Waals surface area contributed by atoms with Crippen LogP contribution < -0.4 is 37.0 Å². The van der Waals surface area contributed by atoms with Crippen LogP contribution in [0.5, 0.6) is 11.5 Å². The number of nitrogens with zero attached hydrogens (tertiary/aromatic N) is 3. The molecule has 2 heterocycles. The van der Waals surface area contributed by atoms with E-state index in [0.717, 1.165) is 16.6 Å². The van der Waals surface area contributed by atoms with E-state index in [0.29, 0.717) is 45.7 Å². The molecule has 0 atom stereocenters. The molecule has 0 aliphatic carbocycles. The van der Waals surface area contributed by atoms with Gasteiger partial charge in [-0.15, -0.1) is 13.2 Å². The number of carbonyl (C=O) groups excluding carboxylic acids is 1. The molecule has 182 valence electrons. The van der Waals surface area contributed by atoms with E-state index in [9.17, 15) is 18.0 Å². The Morgan fingerprint density at radius 2 is 1.59 bits per heavy atom. The molecule has 1 aliphatic rings. The summed E-state index contributed by atoms with van der Waals surface area (Å²) in [6.07, 6.45) is -4.78. The van der Waals surface area contributed by atoms with Gasteiger partial charge in [-0.3, -0.25) is 4.79 Å². The van der Waals surface area contributed by atoms with Gasteiger partial charge in [-0.2, -0.15) is 0 Å². The average molecular weight is 498 g/mol. The van der Waals surface area contributed by atoms with E-state index in [1.807, 2.05) is 39.2 Å². The molecule has 0 fully saturated rings. The summed E-state index contributed by atoms with van der Waals surface area (Å²) in [6.45, 7) is 0.547. The summed E-state index contributed by atoms with van der Waals surface area (Å²) in [5, 5.41) is -0.666. The number of aromatic nitrogens is 2. The molecule has 4 rings (SSSR count). The van der Waals surface area contributed by atoms with Crippen LogP contribution in [0, 0.1) is 0 Å². The van der Waals surface area contributed by atoms with Crippen molar-refractivity contribution in [1.82, 2.24) is 14.9 Å². The molecule has 0 unspecified atom stereocenters. The second-order valence-corrected chi connectivity index (χ2v) is 10.1. The van der Waals surface area contributed by atoms with Gasteiger partial charge in [0.25, 0.3) is 5.91 Å². The second kappa shape index (κ2) is 9.61. The molecule has 0 saturated heterocycles. The normalized spacial score (nSPS) is 15.0. The summed E-state index contributed by atoms with van der Waals surface area (Å²) in [4.78, 5) is 24.6. The number of halogens is 3. The topological polar surface area (TPSA) is 64.6 Å². The number of amides is 1. The van der Waals surface area contributed by atoms with Crippen LogP contribution in [0.2, 0.25) is 0 Å². The van der Waals surface area contributed by atoms with Crippen molar-refractivity contribution in [2.75, 3.05) is 6.54 Å². The lowest BCUT2D eigenvalue weighted by molar-refractivity contribution is -0.274. The van der Waals surface area contributed by atoms with Crippen LogP contribution in [0.25, 0.3) is 11.1 Å². The lowest BCUT2D eigenvalue weighted by atomic mass is 9.65. The fraction of sp³-hybridized carbons (Fsp3) is 0.190. The third-order valence-electron chi connectivity index (χ3n) is 6.74. The van der Waals surface area contributed by atoms with E-state index >= 15 is 0 Å². The predicted molar refractivity (Wildman–Crippen MR) is 157 cm³/mol. The SMILES string of the molecule is Bc1nc(CN2CC(B)(B)Oc3ccc(-c4ccc(OC(F)(F)F)c(B)c4B)cc3C2=O)nc(B)c1B. The zero-order chi connectivity index (χ0) is 27.3. The molecule has 37 heavy (non-hydrogen) atoms. The van der Waals surface area contributed by atoms with Crippen LogP contribution >= 0.6 is 0 Å². The first-order valence-electron chi connectivity index (χ1n) is 11.9. The Bertz CT molecular complexity index is 1380. The number of hydrogen-bond acceptors (Lipinski definition) is 5. The van der Waals surface area contributed by atoms with Gasteiger partial charge >= 0.3 is 6.36 Å². The maximum atomic E-state index is 13.8. The van der Waals surface area contributed by atoms with E-state index in [1.165, 1.54) is 6.07 Å². The number of hydrogen-bond donors (Lipinski definition) is 0. The highest BCUT2D eigenvalue weighted by molar-refractivity contribution is 6.55. The number of rotatable bonds is 4. The average Bonchev–Trinajstić information content (AvgIpc) is 2.87. The van der Waals surface area contributed by atoms with Crippen LogP contribution in [0.3, 0.4) is 0 Å². The van der Waals surface area contributed by atoms with Gasteiger partial charge in [0, 0.05) is 6.54 Å². The minimum absolute atomic E-state index is 0.221. The Kier molecular flexibility index (Phi) is 6.99. The molecule has 0 saturated carbocycles. The van der Waals surface area contributed by atoms with E-state index in [-0.39, 0.29) is 18.2 Å². The number of carbonyl (C=O) groups is 1. The largest absolute Gasteiger partial charge is 0.573 e. The monoisotopic (exact) mass is 499 g/mol. The molecule has 16 heteroatoms. The highest BCUT2D eigenvalue weighted by Crippen LogP contribution is 2.32. The Balaban J connectivity index is 1.73. The zero-order valence-corrected chi connectivity index (χ0v) is 22.0. The van der Waals surface area contributed by atoms with Crippen LogP contribution in [0.15, 0.2) is 30.3 Å². The molecule has 1 amide bonds. The second-order valence-electron chi connectivity index (χ2n) is 10.1. The van der Waals surface area contributed by atoms with Crippen molar-refractivity contribution in [2.45, 2.75) is 18.3 Å². The van der Waals surface area contributed by atoms with Gasteiger partial charge in [-0.1, -0.05) is 28.5 Å². The van der Waals surface area contributed by atoms with Crippen molar-refractivity contribution in [3.63, 3.8) is 0 Å². The first-order chi connectivity index (χ1) is 17.1. The lowest BCUT2D eigenvalue weighted by Crippen LogP contribution is -2.49. The third kappa shape index (κ3) is 5.73. The molecule has 2 aromatic carbocycles. The molecule has 3 aromatic rings. The van der Waals surface area contributed by atoms with E-state index < -0.39 is 11.8 Å². The van der Waals surface area contributed by atoms with E-state index in [4.69, 9.17) is 4.74 Å². The first kappa shape index (κ1) is 26.9. The summed E-state index contributed by atoms with van der Waals surface area (Å²) in [5.74, 6) is 0.522. The molecular formula is C21H23B7F3N3O3. The first-order valence-corrected chi connectivity index (χ1v) is 11.9. The number of ether oxygens (including phenoxy) is 2. The smallest absolute Gasteiger partial charge is 0.503 e. The number of alkyl halides is 3. The van der Waals surface area contributed by atoms with Crippen molar-refractivity contribution in [1.29, 1.82) is 0 Å². The van der Waals surface area contributed by atoms with Crippen molar-refractivity contribution in [3.05, 3.63) is 41.7 Å². The van der Waals surface area contributed by atoms with Crippen molar-refractivity contribution in [3.8, 4) is 22.6 Å². The molecule has 1 aromatic heterocycles. The zero-order valence-electron chi connectivity index (χ0n) is 22.0. The van der Waals surface area contributed by atoms with Crippen LogP contribution in [0.1, 0.15) is 16.2 Å². The van der Waals surface area contributed by atoms with Gasteiger partial charge in [0.15, 0.2) is 15.7 Å². The molecule has 6 nitrogen and oxygen atoms in total. The molecule has 0 N–H and O–H groups in total. The number of benzene rings is 2. The fourth-order valence-electron chi connectivity index (χ4n) is 4.54. The highest BCUT2D eigenvalue weighted by Gasteiger charge is 2.35. The minimum Gasteiger partial charge on any atom is -0.503 e. The highest BCUT2D eigenvalue weighted by atomic mass is 19.4. The Hall–Kier alpha value is -3.17. The molecular weight excluding hydrogens is 475 g/mol.